The molecular weight excluding hydrogens is 228 g/mol. The molecule has 2 rings (SSSR count). The molecule has 1 aromatic rings. The van der Waals surface area contributed by atoms with Crippen molar-refractivity contribution in [1.29, 1.82) is 0 Å². The molecule has 2 heterocycles. The number of nitrogens with two attached hydrogens (primary N) is 1. The van der Waals surface area contributed by atoms with Gasteiger partial charge < -0.3 is 15.2 Å². The highest BCUT2D eigenvalue weighted by molar-refractivity contribution is 4.93. The van der Waals surface area contributed by atoms with Gasteiger partial charge in [-0.25, -0.2) is 0 Å². The summed E-state index contributed by atoms with van der Waals surface area (Å²) in [6.45, 7) is 5.41. The van der Waals surface area contributed by atoms with Gasteiger partial charge in [0.1, 0.15) is 0 Å². The SMILES string of the molecule is CN1CCN(CCn2ccccc2=O)C(CN)C1. The molecule has 1 fully saturated rings. The van der Waals surface area contributed by atoms with E-state index in [1.54, 1.807) is 16.7 Å². The fourth-order valence-electron chi connectivity index (χ4n) is 2.45. The first-order valence-corrected chi connectivity index (χ1v) is 6.49. The Morgan fingerprint density at radius 3 is 2.89 bits per heavy atom. The molecule has 0 radical (unpaired) electrons. The Balaban J connectivity index is 1.93. The standard InChI is InChI=1S/C13H22N4O/c1-15-6-7-16(12(10-14)11-15)8-9-17-5-3-2-4-13(17)18/h2-5,12H,6-11,14H2,1H3. The molecule has 0 saturated carbocycles. The van der Waals surface area contributed by atoms with E-state index in [2.05, 4.69) is 16.8 Å². The summed E-state index contributed by atoms with van der Waals surface area (Å²) in [7, 11) is 2.13. The first kappa shape index (κ1) is 13.3. The van der Waals surface area contributed by atoms with Gasteiger partial charge in [-0.1, -0.05) is 6.07 Å². The predicted molar refractivity (Wildman–Crippen MR) is 72.6 cm³/mol. The van der Waals surface area contributed by atoms with Crippen LogP contribution in [0.1, 0.15) is 0 Å². The Labute approximate surface area is 108 Å². The minimum atomic E-state index is 0.0657. The third-order valence-corrected chi connectivity index (χ3v) is 3.61. The van der Waals surface area contributed by atoms with Gasteiger partial charge in [0.15, 0.2) is 0 Å². The lowest BCUT2D eigenvalue weighted by Crippen LogP contribution is -2.55. The first-order chi connectivity index (χ1) is 8.70. The molecule has 1 saturated heterocycles. The van der Waals surface area contributed by atoms with E-state index in [1.165, 1.54) is 0 Å². The lowest BCUT2D eigenvalue weighted by molar-refractivity contribution is 0.0909. The highest BCUT2D eigenvalue weighted by atomic mass is 16.1. The third-order valence-electron chi connectivity index (χ3n) is 3.61. The van der Waals surface area contributed by atoms with Crippen LogP contribution < -0.4 is 11.3 Å². The Hall–Kier alpha value is -1.17. The van der Waals surface area contributed by atoms with Crippen LogP contribution >= 0.6 is 0 Å². The molecule has 100 valence electrons. The Morgan fingerprint density at radius 1 is 1.33 bits per heavy atom. The fourth-order valence-corrected chi connectivity index (χ4v) is 2.45. The van der Waals surface area contributed by atoms with E-state index in [4.69, 9.17) is 5.73 Å². The van der Waals surface area contributed by atoms with Gasteiger partial charge >= 0.3 is 0 Å². The summed E-state index contributed by atoms with van der Waals surface area (Å²) in [5.74, 6) is 0. The Morgan fingerprint density at radius 2 is 2.17 bits per heavy atom. The van der Waals surface area contributed by atoms with Gasteiger partial charge in [-0.3, -0.25) is 9.69 Å². The van der Waals surface area contributed by atoms with Crippen LogP contribution in [0, 0.1) is 0 Å². The topological polar surface area (TPSA) is 54.5 Å². The average molecular weight is 250 g/mol. The highest BCUT2D eigenvalue weighted by Crippen LogP contribution is 2.07. The van der Waals surface area contributed by atoms with E-state index in [0.29, 0.717) is 12.6 Å². The number of aromatic nitrogens is 1. The van der Waals surface area contributed by atoms with Crippen molar-refractivity contribution in [3.8, 4) is 0 Å². The van der Waals surface area contributed by atoms with Crippen molar-refractivity contribution in [2.45, 2.75) is 12.6 Å². The van der Waals surface area contributed by atoms with Crippen molar-refractivity contribution in [3.63, 3.8) is 0 Å². The molecular formula is C13H22N4O. The Kier molecular flexibility index (Phi) is 4.52. The molecule has 0 amide bonds. The third kappa shape index (κ3) is 3.19. The van der Waals surface area contributed by atoms with E-state index < -0.39 is 0 Å². The van der Waals surface area contributed by atoms with E-state index in [1.807, 2.05) is 12.3 Å². The largest absolute Gasteiger partial charge is 0.329 e. The summed E-state index contributed by atoms with van der Waals surface area (Å²) in [5.41, 5.74) is 5.88. The maximum Gasteiger partial charge on any atom is 0.250 e. The van der Waals surface area contributed by atoms with E-state index in [0.717, 1.165) is 32.7 Å². The smallest absolute Gasteiger partial charge is 0.250 e. The van der Waals surface area contributed by atoms with Gasteiger partial charge in [0, 0.05) is 57.6 Å². The van der Waals surface area contributed by atoms with E-state index >= 15 is 0 Å². The molecule has 0 spiro atoms. The second kappa shape index (κ2) is 6.13. The number of hydrogen-bond acceptors (Lipinski definition) is 4. The fraction of sp³-hybridized carbons (Fsp3) is 0.615. The summed E-state index contributed by atoms with van der Waals surface area (Å²) in [5, 5.41) is 0. The molecule has 18 heavy (non-hydrogen) atoms. The van der Waals surface area contributed by atoms with Crippen molar-refractivity contribution in [3.05, 3.63) is 34.7 Å². The number of likely N-dealkylation sites (N-methyl/N-ethyl adjacent to an activating group) is 1. The predicted octanol–water partition coefficient (Wildman–Crippen LogP) is -0.577. The lowest BCUT2D eigenvalue weighted by atomic mass is 10.1. The number of rotatable bonds is 4. The van der Waals surface area contributed by atoms with Gasteiger partial charge in [-0.05, 0) is 13.1 Å². The molecule has 1 atom stereocenters. The van der Waals surface area contributed by atoms with Crippen LogP contribution in [0.5, 0.6) is 0 Å². The van der Waals surface area contributed by atoms with Gasteiger partial charge in [0.25, 0.3) is 5.56 Å². The van der Waals surface area contributed by atoms with Crippen LogP contribution in [0.15, 0.2) is 29.2 Å². The molecule has 2 N–H and O–H groups in total. The molecule has 1 aliphatic heterocycles. The lowest BCUT2D eigenvalue weighted by Gasteiger charge is -2.39. The van der Waals surface area contributed by atoms with Crippen LogP contribution in [0.3, 0.4) is 0 Å². The van der Waals surface area contributed by atoms with Crippen molar-refractivity contribution < 1.29 is 0 Å². The first-order valence-electron chi connectivity index (χ1n) is 6.49. The molecule has 1 unspecified atom stereocenters. The van der Waals surface area contributed by atoms with Crippen molar-refractivity contribution in [1.82, 2.24) is 14.4 Å². The van der Waals surface area contributed by atoms with Crippen LogP contribution in [-0.4, -0.2) is 60.2 Å². The van der Waals surface area contributed by atoms with Gasteiger partial charge in [-0.15, -0.1) is 0 Å². The zero-order chi connectivity index (χ0) is 13.0. The quantitative estimate of drug-likeness (QED) is 0.777. The van der Waals surface area contributed by atoms with E-state index in [-0.39, 0.29) is 5.56 Å². The summed E-state index contributed by atoms with van der Waals surface area (Å²) >= 11 is 0. The summed E-state index contributed by atoms with van der Waals surface area (Å²) in [6, 6.07) is 5.68. The zero-order valence-corrected chi connectivity index (χ0v) is 11.0. The molecule has 0 aliphatic carbocycles. The minimum Gasteiger partial charge on any atom is -0.329 e. The van der Waals surface area contributed by atoms with Crippen LogP contribution in [-0.2, 0) is 6.54 Å². The molecule has 0 aromatic carbocycles. The number of nitrogens with zero attached hydrogens (tertiary/aromatic N) is 3. The maximum absolute atomic E-state index is 11.6. The van der Waals surface area contributed by atoms with Crippen molar-refractivity contribution >= 4 is 0 Å². The maximum atomic E-state index is 11.6. The average Bonchev–Trinajstić information content (AvgIpc) is 2.39. The van der Waals surface area contributed by atoms with Crippen molar-refractivity contribution in [2.75, 3.05) is 39.8 Å². The van der Waals surface area contributed by atoms with Gasteiger partial charge in [0.05, 0.1) is 0 Å². The van der Waals surface area contributed by atoms with Crippen LogP contribution in [0.2, 0.25) is 0 Å². The van der Waals surface area contributed by atoms with Gasteiger partial charge in [0.2, 0.25) is 0 Å². The molecule has 5 heteroatoms. The Bertz CT molecular complexity index is 431. The number of hydrogen-bond donors (Lipinski definition) is 1. The zero-order valence-electron chi connectivity index (χ0n) is 11.0. The van der Waals surface area contributed by atoms with E-state index in [9.17, 15) is 4.79 Å². The second-order valence-electron chi connectivity index (χ2n) is 4.92. The second-order valence-corrected chi connectivity index (χ2v) is 4.92. The van der Waals surface area contributed by atoms with Gasteiger partial charge in [-0.2, -0.15) is 0 Å². The van der Waals surface area contributed by atoms with Crippen LogP contribution in [0.4, 0.5) is 0 Å². The molecule has 5 nitrogen and oxygen atoms in total. The molecule has 0 bridgehead atoms. The molecule has 1 aromatic heterocycles. The van der Waals surface area contributed by atoms with Crippen LogP contribution in [0.25, 0.3) is 0 Å². The summed E-state index contributed by atoms with van der Waals surface area (Å²) in [4.78, 5) is 16.3. The number of pyridine rings is 1. The summed E-state index contributed by atoms with van der Waals surface area (Å²) in [6.07, 6.45) is 1.84. The van der Waals surface area contributed by atoms with Crippen molar-refractivity contribution in [2.24, 2.45) is 5.73 Å². The minimum absolute atomic E-state index is 0.0657. The number of piperazine rings is 1. The highest BCUT2D eigenvalue weighted by Gasteiger charge is 2.23. The monoisotopic (exact) mass is 250 g/mol. The molecule has 1 aliphatic rings. The summed E-state index contributed by atoms with van der Waals surface area (Å²) < 4.78 is 1.76. The normalized spacial score (nSPS) is 22.2.